The lowest BCUT2D eigenvalue weighted by Crippen LogP contribution is -2.45. The van der Waals surface area contributed by atoms with Crippen molar-refractivity contribution in [1.29, 1.82) is 0 Å². The van der Waals surface area contributed by atoms with Crippen molar-refractivity contribution in [3.05, 3.63) is 35.9 Å². The van der Waals surface area contributed by atoms with Gasteiger partial charge in [0.2, 0.25) is 0 Å². The molecule has 0 aromatic heterocycles. The van der Waals surface area contributed by atoms with Crippen LogP contribution in [0.2, 0.25) is 0 Å². The molecule has 0 radical (unpaired) electrons. The zero-order chi connectivity index (χ0) is 14.1. The van der Waals surface area contributed by atoms with Crippen molar-refractivity contribution in [3.63, 3.8) is 0 Å². The van der Waals surface area contributed by atoms with E-state index < -0.39 is 0 Å². The van der Waals surface area contributed by atoms with Crippen LogP contribution in [-0.4, -0.2) is 29.0 Å². The Labute approximate surface area is 124 Å². The fourth-order valence-electron chi connectivity index (χ4n) is 1.45. The van der Waals surface area contributed by atoms with Crippen LogP contribution in [0.4, 0.5) is 4.79 Å². The van der Waals surface area contributed by atoms with Crippen molar-refractivity contribution in [2.24, 2.45) is 0 Å². The summed E-state index contributed by atoms with van der Waals surface area (Å²) in [6.07, 6.45) is -0.389. The summed E-state index contributed by atoms with van der Waals surface area (Å²) in [6.45, 7) is 4.23. The number of nitrogens with one attached hydrogen (secondary N) is 1. The number of alkyl halides is 1. The average Bonchev–Trinajstić information content (AvgIpc) is 2.37. The first-order chi connectivity index (χ1) is 9.03. The van der Waals surface area contributed by atoms with Crippen molar-refractivity contribution in [2.45, 2.75) is 26.0 Å². The first-order valence-corrected chi connectivity index (χ1v) is 7.85. The summed E-state index contributed by atoms with van der Waals surface area (Å²) in [5.74, 6) is 2.31. The summed E-state index contributed by atoms with van der Waals surface area (Å²) < 4.78 is 5.18. The summed E-state index contributed by atoms with van der Waals surface area (Å²) in [5, 5.41) is 2.86. The van der Waals surface area contributed by atoms with Crippen molar-refractivity contribution in [3.8, 4) is 0 Å². The SMILES string of the molecule is CC(C)(CSCCCl)NC(=O)OCc1ccccc1. The number of ether oxygens (including phenoxy) is 1. The van der Waals surface area contributed by atoms with Crippen LogP contribution in [0.3, 0.4) is 0 Å². The average molecular weight is 302 g/mol. The molecule has 1 rings (SSSR count). The number of alkyl carbamates (subject to hydrolysis) is 1. The van der Waals surface area contributed by atoms with E-state index in [2.05, 4.69) is 5.32 Å². The molecule has 0 aliphatic heterocycles. The predicted molar refractivity (Wildman–Crippen MR) is 81.9 cm³/mol. The number of rotatable bonds is 7. The van der Waals surface area contributed by atoms with Crippen LogP contribution in [0.25, 0.3) is 0 Å². The van der Waals surface area contributed by atoms with Crippen LogP contribution in [0.1, 0.15) is 19.4 Å². The van der Waals surface area contributed by atoms with E-state index in [0.29, 0.717) is 5.88 Å². The lowest BCUT2D eigenvalue weighted by molar-refractivity contribution is 0.131. The van der Waals surface area contributed by atoms with Gasteiger partial charge in [-0.3, -0.25) is 0 Å². The van der Waals surface area contributed by atoms with Crippen molar-refractivity contribution in [2.75, 3.05) is 17.4 Å². The van der Waals surface area contributed by atoms with Crippen molar-refractivity contribution in [1.82, 2.24) is 5.32 Å². The minimum atomic E-state index is -0.389. The molecule has 1 aromatic rings. The van der Waals surface area contributed by atoms with Gasteiger partial charge in [-0.2, -0.15) is 11.8 Å². The Balaban J connectivity index is 2.30. The Hall–Kier alpha value is -0.870. The molecule has 19 heavy (non-hydrogen) atoms. The standard InChI is InChI=1S/C14H20ClNO2S/c1-14(2,11-19-9-8-15)16-13(17)18-10-12-6-4-3-5-7-12/h3-7H,8-11H2,1-2H3,(H,16,17). The van der Waals surface area contributed by atoms with Gasteiger partial charge in [-0.15, -0.1) is 11.6 Å². The number of thioether (sulfide) groups is 1. The van der Waals surface area contributed by atoms with E-state index in [1.54, 1.807) is 11.8 Å². The lowest BCUT2D eigenvalue weighted by atomic mass is 10.1. The second kappa shape index (κ2) is 8.33. The molecular formula is C14H20ClNO2S. The first-order valence-electron chi connectivity index (χ1n) is 6.16. The van der Waals surface area contributed by atoms with Gasteiger partial charge in [0, 0.05) is 22.9 Å². The zero-order valence-electron chi connectivity index (χ0n) is 11.3. The molecule has 1 N–H and O–H groups in total. The van der Waals surface area contributed by atoms with Crippen LogP contribution < -0.4 is 5.32 Å². The molecule has 0 unspecified atom stereocenters. The fraction of sp³-hybridized carbons (Fsp3) is 0.500. The number of amides is 1. The highest BCUT2D eigenvalue weighted by molar-refractivity contribution is 7.99. The molecule has 1 amide bonds. The minimum absolute atomic E-state index is 0.289. The number of halogens is 1. The maximum Gasteiger partial charge on any atom is 0.407 e. The normalized spacial score (nSPS) is 11.1. The summed E-state index contributed by atoms with van der Waals surface area (Å²) in [5.41, 5.74) is 0.678. The van der Waals surface area contributed by atoms with Crippen molar-refractivity contribution >= 4 is 29.5 Å². The van der Waals surface area contributed by atoms with E-state index in [4.69, 9.17) is 16.3 Å². The Morgan fingerprint density at radius 3 is 2.68 bits per heavy atom. The largest absolute Gasteiger partial charge is 0.445 e. The monoisotopic (exact) mass is 301 g/mol. The summed E-state index contributed by atoms with van der Waals surface area (Å²) in [4.78, 5) is 11.7. The summed E-state index contributed by atoms with van der Waals surface area (Å²) in [7, 11) is 0. The summed E-state index contributed by atoms with van der Waals surface area (Å²) >= 11 is 7.34. The van der Waals surface area contributed by atoms with Gasteiger partial charge in [-0.05, 0) is 19.4 Å². The van der Waals surface area contributed by atoms with E-state index in [-0.39, 0.29) is 18.2 Å². The molecule has 0 spiro atoms. The van der Waals surface area contributed by atoms with Gasteiger partial charge in [-0.25, -0.2) is 4.79 Å². The van der Waals surface area contributed by atoms with Gasteiger partial charge in [0.05, 0.1) is 0 Å². The molecule has 3 nitrogen and oxygen atoms in total. The highest BCUT2D eigenvalue weighted by atomic mass is 35.5. The van der Waals surface area contributed by atoms with Gasteiger partial charge in [0.25, 0.3) is 0 Å². The molecule has 0 saturated heterocycles. The Morgan fingerprint density at radius 1 is 1.37 bits per heavy atom. The van der Waals surface area contributed by atoms with Crippen LogP contribution in [-0.2, 0) is 11.3 Å². The fourth-order valence-corrected chi connectivity index (χ4v) is 2.62. The van der Waals surface area contributed by atoms with Crippen LogP contribution in [0.15, 0.2) is 30.3 Å². The molecule has 0 bridgehead atoms. The van der Waals surface area contributed by atoms with Gasteiger partial charge in [0.1, 0.15) is 6.61 Å². The Morgan fingerprint density at radius 2 is 2.05 bits per heavy atom. The second-order valence-corrected chi connectivity index (χ2v) is 6.30. The number of hydrogen-bond acceptors (Lipinski definition) is 3. The quantitative estimate of drug-likeness (QED) is 0.617. The van der Waals surface area contributed by atoms with E-state index in [1.807, 2.05) is 44.2 Å². The van der Waals surface area contributed by atoms with Gasteiger partial charge < -0.3 is 10.1 Å². The maximum atomic E-state index is 11.7. The predicted octanol–water partition coefficient (Wildman–Crippen LogP) is 3.66. The molecule has 0 saturated carbocycles. The van der Waals surface area contributed by atoms with Crippen molar-refractivity contribution < 1.29 is 9.53 Å². The minimum Gasteiger partial charge on any atom is -0.445 e. The van der Waals surface area contributed by atoms with E-state index in [9.17, 15) is 4.79 Å². The van der Waals surface area contributed by atoms with Gasteiger partial charge in [-0.1, -0.05) is 30.3 Å². The molecular weight excluding hydrogens is 282 g/mol. The third-order valence-corrected chi connectivity index (χ3v) is 4.17. The lowest BCUT2D eigenvalue weighted by Gasteiger charge is -2.25. The highest BCUT2D eigenvalue weighted by Crippen LogP contribution is 2.13. The Kier molecular flexibility index (Phi) is 7.10. The molecule has 106 valence electrons. The highest BCUT2D eigenvalue weighted by Gasteiger charge is 2.21. The first kappa shape index (κ1) is 16.2. The second-order valence-electron chi connectivity index (χ2n) is 4.81. The zero-order valence-corrected chi connectivity index (χ0v) is 12.9. The third-order valence-electron chi connectivity index (χ3n) is 2.34. The Bertz CT molecular complexity index is 384. The van der Waals surface area contributed by atoms with E-state index in [1.165, 1.54) is 0 Å². The van der Waals surface area contributed by atoms with Crippen LogP contribution in [0.5, 0.6) is 0 Å². The molecule has 5 heteroatoms. The van der Waals surface area contributed by atoms with Crippen LogP contribution >= 0.6 is 23.4 Å². The number of carbonyl (C=O) groups is 1. The van der Waals surface area contributed by atoms with E-state index in [0.717, 1.165) is 17.1 Å². The van der Waals surface area contributed by atoms with E-state index >= 15 is 0 Å². The third kappa shape index (κ3) is 7.33. The number of benzene rings is 1. The maximum absolute atomic E-state index is 11.7. The summed E-state index contributed by atoms with van der Waals surface area (Å²) in [6, 6.07) is 9.62. The molecule has 0 heterocycles. The topological polar surface area (TPSA) is 38.3 Å². The van der Waals surface area contributed by atoms with Gasteiger partial charge >= 0.3 is 6.09 Å². The van der Waals surface area contributed by atoms with Gasteiger partial charge in [0.15, 0.2) is 0 Å². The molecule has 0 aliphatic rings. The molecule has 1 aromatic carbocycles. The number of hydrogen-bond donors (Lipinski definition) is 1. The molecule has 0 aliphatic carbocycles. The van der Waals surface area contributed by atoms with Crippen LogP contribution in [0, 0.1) is 0 Å². The smallest absolute Gasteiger partial charge is 0.407 e. The molecule has 0 fully saturated rings. The number of carbonyl (C=O) groups excluding carboxylic acids is 1. The molecule has 0 atom stereocenters.